The van der Waals surface area contributed by atoms with E-state index in [0.29, 0.717) is 33.3 Å². The molecule has 0 atom stereocenters. The highest BCUT2D eigenvalue weighted by atomic mass is 16.1. The second-order valence-corrected chi connectivity index (χ2v) is 5.67. The average molecular weight is 312 g/mol. The van der Waals surface area contributed by atoms with Crippen LogP contribution in [0.5, 0.6) is 0 Å². The van der Waals surface area contributed by atoms with E-state index in [0.717, 1.165) is 10.8 Å². The summed E-state index contributed by atoms with van der Waals surface area (Å²) in [5.74, 6) is -0.378. The molecular weight excluding hydrogens is 304 g/mol. The maximum atomic E-state index is 12.9. The van der Waals surface area contributed by atoms with Gasteiger partial charge in [0.25, 0.3) is 0 Å². The Morgan fingerprint density at radius 2 is 1.00 bits per heavy atom. The molecule has 0 fully saturated rings. The van der Waals surface area contributed by atoms with Crippen molar-refractivity contribution < 1.29 is 9.59 Å². The molecule has 0 bridgehead atoms. The SMILES string of the molecule is O=C1c2cc3ccccc3cc2C(=O)c2cc3nnnnc3cc21. The molecule has 24 heavy (non-hydrogen) atoms. The fourth-order valence-corrected chi connectivity index (χ4v) is 3.16. The van der Waals surface area contributed by atoms with E-state index in [1.54, 1.807) is 24.3 Å². The molecule has 1 aliphatic rings. The predicted molar refractivity (Wildman–Crippen MR) is 85.9 cm³/mol. The smallest absolute Gasteiger partial charge is 0.194 e. The van der Waals surface area contributed by atoms with Crippen LogP contribution in [-0.4, -0.2) is 32.2 Å². The second-order valence-electron chi connectivity index (χ2n) is 5.67. The van der Waals surface area contributed by atoms with Crippen molar-refractivity contribution in [2.75, 3.05) is 0 Å². The highest BCUT2D eigenvalue weighted by molar-refractivity contribution is 6.30. The zero-order valence-electron chi connectivity index (χ0n) is 12.2. The fourth-order valence-electron chi connectivity index (χ4n) is 3.16. The predicted octanol–water partition coefficient (Wildman–Crippen LogP) is 2.35. The average Bonchev–Trinajstić information content (AvgIpc) is 2.64. The molecule has 1 aromatic heterocycles. The van der Waals surface area contributed by atoms with E-state index in [2.05, 4.69) is 20.6 Å². The van der Waals surface area contributed by atoms with Gasteiger partial charge in [0, 0.05) is 22.3 Å². The summed E-state index contributed by atoms with van der Waals surface area (Å²) in [4.78, 5) is 25.8. The largest absolute Gasteiger partial charge is 0.289 e. The van der Waals surface area contributed by atoms with Crippen LogP contribution in [0.4, 0.5) is 0 Å². The Labute approximate surface area is 135 Å². The molecule has 6 nitrogen and oxygen atoms in total. The lowest BCUT2D eigenvalue weighted by Crippen LogP contribution is -2.21. The third-order valence-corrected chi connectivity index (χ3v) is 4.32. The molecule has 0 aliphatic heterocycles. The third kappa shape index (κ3) is 1.65. The van der Waals surface area contributed by atoms with E-state index in [-0.39, 0.29) is 11.6 Å². The van der Waals surface area contributed by atoms with E-state index in [1.807, 2.05) is 24.3 Å². The zero-order chi connectivity index (χ0) is 16.3. The first-order chi connectivity index (χ1) is 11.7. The molecule has 0 saturated heterocycles. The van der Waals surface area contributed by atoms with Crippen LogP contribution in [0.2, 0.25) is 0 Å². The number of nitrogens with zero attached hydrogens (tertiary/aromatic N) is 4. The lowest BCUT2D eigenvalue weighted by atomic mass is 9.82. The molecule has 1 aliphatic carbocycles. The van der Waals surface area contributed by atoms with Crippen molar-refractivity contribution in [3.63, 3.8) is 0 Å². The van der Waals surface area contributed by atoms with E-state index in [9.17, 15) is 9.59 Å². The minimum atomic E-state index is -0.189. The van der Waals surface area contributed by atoms with Crippen molar-refractivity contribution >= 4 is 33.4 Å². The molecule has 0 radical (unpaired) electrons. The standard InChI is InChI=1S/C18H8N4O2/c23-17-11-5-9-3-1-2-4-10(9)6-12(11)18(24)14-8-16-15(7-13(14)17)19-21-22-20-16/h1-8H. The quantitative estimate of drug-likeness (QED) is 0.436. The maximum Gasteiger partial charge on any atom is 0.194 e. The number of benzene rings is 3. The Morgan fingerprint density at radius 1 is 0.583 bits per heavy atom. The summed E-state index contributed by atoms with van der Waals surface area (Å²) in [6.07, 6.45) is 0. The number of hydrogen-bond acceptors (Lipinski definition) is 6. The van der Waals surface area contributed by atoms with Crippen LogP contribution in [-0.2, 0) is 0 Å². The Hall–Kier alpha value is -3.54. The van der Waals surface area contributed by atoms with Crippen molar-refractivity contribution in [3.8, 4) is 0 Å². The Bertz CT molecular complexity index is 1020. The number of rotatable bonds is 0. The van der Waals surface area contributed by atoms with Gasteiger partial charge in [0.15, 0.2) is 11.6 Å². The van der Waals surface area contributed by atoms with Crippen molar-refractivity contribution in [1.82, 2.24) is 20.6 Å². The van der Waals surface area contributed by atoms with Crippen LogP contribution in [0, 0.1) is 0 Å². The summed E-state index contributed by atoms with van der Waals surface area (Å²) in [6, 6.07) is 14.3. The van der Waals surface area contributed by atoms with Crippen LogP contribution in [0.1, 0.15) is 31.8 Å². The highest BCUT2D eigenvalue weighted by Gasteiger charge is 2.30. The topological polar surface area (TPSA) is 85.7 Å². The van der Waals surface area contributed by atoms with E-state index in [4.69, 9.17) is 0 Å². The lowest BCUT2D eigenvalue weighted by molar-refractivity contribution is 0.0979. The molecule has 3 aromatic carbocycles. The summed E-state index contributed by atoms with van der Waals surface area (Å²) in [5, 5.41) is 16.5. The minimum absolute atomic E-state index is 0.189. The van der Waals surface area contributed by atoms with Crippen molar-refractivity contribution in [2.24, 2.45) is 0 Å². The van der Waals surface area contributed by atoms with Crippen LogP contribution < -0.4 is 0 Å². The summed E-state index contributed by atoms with van der Waals surface area (Å²) >= 11 is 0. The Morgan fingerprint density at radius 3 is 1.46 bits per heavy atom. The molecule has 0 spiro atoms. The molecule has 6 heteroatoms. The van der Waals surface area contributed by atoms with Gasteiger partial charge in [-0.3, -0.25) is 9.59 Å². The Kier molecular flexibility index (Phi) is 2.42. The van der Waals surface area contributed by atoms with Gasteiger partial charge in [-0.1, -0.05) is 24.3 Å². The first-order valence-electron chi connectivity index (χ1n) is 7.34. The van der Waals surface area contributed by atoms with Gasteiger partial charge in [-0.25, -0.2) is 0 Å². The number of hydrogen-bond donors (Lipinski definition) is 0. The first kappa shape index (κ1) is 13.0. The number of carbonyl (C=O) groups is 2. The monoisotopic (exact) mass is 312 g/mol. The van der Waals surface area contributed by atoms with Gasteiger partial charge in [0.1, 0.15) is 11.0 Å². The van der Waals surface area contributed by atoms with E-state index >= 15 is 0 Å². The van der Waals surface area contributed by atoms with Gasteiger partial charge in [-0.2, -0.15) is 0 Å². The molecule has 0 amide bonds. The fraction of sp³-hybridized carbons (Fsp3) is 0. The van der Waals surface area contributed by atoms with Gasteiger partial charge >= 0.3 is 0 Å². The number of carbonyl (C=O) groups excluding carboxylic acids is 2. The van der Waals surface area contributed by atoms with Gasteiger partial charge in [0.2, 0.25) is 0 Å². The molecule has 0 saturated carbocycles. The lowest BCUT2D eigenvalue weighted by Gasteiger charge is -2.18. The third-order valence-electron chi connectivity index (χ3n) is 4.32. The van der Waals surface area contributed by atoms with Crippen LogP contribution in [0.25, 0.3) is 21.8 Å². The van der Waals surface area contributed by atoms with Crippen LogP contribution in [0.3, 0.4) is 0 Å². The maximum absolute atomic E-state index is 12.9. The summed E-state index contributed by atoms with van der Waals surface area (Å²) < 4.78 is 0. The van der Waals surface area contributed by atoms with Crippen molar-refractivity contribution in [3.05, 3.63) is 70.8 Å². The van der Waals surface area contributed by atoms with Crippen molar-refractivity contribution in [1.29, 1.82) is 0 Å². The number of fused-ring (bicyclic) bond motifs is 4. The molecule has 1 heterocycles. The first-order valence-corrected chi connectivity index (χ1v) is 7.34. The number of aromatic nitrogens is 4. The second kappa shape index (κ2) is 4.48. The molecule has 0 unspecified atom stereocenters. The van der Waals surface area contributed by atoms with E-state index in [1.165, 1.54) is 0 Å². The Balaban J connectivity index is 1.84. The zero-order valence-corrected chi connectivity index (χ0v) is 12.2. The summed E-state index contributed by atoms with van der Waals surface area (Å²) in [5.41, 5.74) is 2.37. The molecule has 5 rings (SSSR count). The normalized spacial score (nSPS) is 13.2. The molecule has 0 N–H and O–H groups in total. The van der Waals surface area contributed by atoms with Gasteiger partial charge in [-0.05, 0) is 45.5 Å². The summed E-state index contributed by atoms with van der Waals surface area (Å²) in [7, 11) is 0. The van der Waals surface area contributed by atoms with E-state index < -0.39 is 0 Å². The van der Waals surface area contributed by atoms with Gasteiger partial charge in [-0.15, -0.1) is 10.2 Å². The molecule has 4 aromatic rings. The number of ketones is 2. The molecular formula is C18H8N4O2. The van der Waals surface area contributed by atoms with Crippen molar-refractivity contribution in [2.45, 2.75) is 0 Å². The van der Waals surface area contributed by atoms with Gasteiger partial charge < -0.3 is 0 Å². The highest BCUT2D eigenvalue weighted by Crippen LogP contribution is 2.32. The molecule has 112 valence electrons. The minimum Gasteiger partial charge on any atom is -0.289 e. The van der Waals surface area contributed by atoms with Crippen LogP contribution >= 0.6 is 0 Å². The summed E-state index contributed by atoms with van der Waals surface area (Å²) in [6.45, 7) is 0. The van der Waals surface area contributed by atoms with Gasteiger partial charge in [0.05, 0.1) is 0 Å². The van der Waals surface area contributed by atoms with Crippen LogP contribution in [0.15, 0.2) is 48.5 Å².